The van der Waals surface area contributed by atoms with Crippen LogP contribution in [0.3, 0.4) is 0 Å². The topological polar surface area (TPSA) is 12.5 Å². The van der Waals surface area contributed by atoms with Gasteiger partial charge in [0.2, 0.25) is 0 Å². The summed E-state index contributed by atoms with van der Waals surface area (Å²) >= 11 is 0. The molecule has 8 aliphatic rings. The molecular weight excluding hydrogens is 546 g/mol. The summed E-state index contributed by atoms with van der Waals surface area (Å²) in [7, 11) is 0. The minimum atomic E-state index is 0.0898. The minimum Gasteiger partial charge on any atom is -0.487 e. The number of ether oxygens (including phenoxy) is 1. The number of nitrogens with zero attached hydrogens (tertiary/aromatic N) is 1. The first kappa shape index (κ1) is 28.5. The Morgan fingerprint density at radius 1 is 0.733 bits per heavy atom. The van der Waals surface area contributed by atoms with Gasteiger partial charge in [-0.25, -0.2) is 0 Å². The fourth-order valence-corrected chi connectivity index (χ4v) is 11.9. The van der Waals surface area contributed by atoms with E-state index < -0.39 is 0 Å². The maximum Gasteiger partial charge on any atom is 0.142 e. The van der Waals surface area contributed by atoms with Crippen LogP contribution in [-0.2, 0) is 10.2 Å². The predicted molar refractivity (Wildman–Crippen MR) is 184 cm³/mol. The fourth-order valence-electron chi connectivity index (χ4n) is 11.9. The van der Waals surface area contributed by atoms with E-state index in [1.165, 1.54) is 101 Å². The summed E-state index contributed by atoms with van der Waals surface area (Å²) in [4.78, 5) is 2.88. The Morgan fingerprint density at radius 3 is 2.49 bits per heavy atom. The number of hydrogen-bond acceptors (Lipinski definition) is 2. The van der Waals surface area contributed by atoms with Gasteiger partial charge in [0.15, 0.2) is 0 Å². The van der Waals surface area contributed by atoms with Gasteiger partial charge in [0.25, 0.3) is 0 Å². The molecule has 3 fully saturated rings. The summed E-state index contributed by atoms with van der Waals surface area (Å²) in [6.45, 7) is 0. The Kier molecular flexibility index (Phi) is 7.47. The molecule has 0 amide bonds. The van der Waals surface area contributed by atoms with Crippen LogP contribution in [0.15, 0.2) is 101 Å². The van der Waals surface area contributed by atoms with E-state index >= 15 is 0 Å². The van der Waals surface area contributed by atoms with Gasteiger partial charge < -0.3 is 9.64 Å². The molecule has 7 aliphatic carbocycles. The average Bonchev–Trinajstić information content (AvgIpc) is 3.65. The molecule has 9 rings (SSSR count). The third-order valence-electron chi connectivity index (χ3n) is 13.5. The largest absolute Gasteiger partial charge is 0.487 e. The van der Waals surface area contributed by atoms with Gasteiger partial charge >= 0.3 is 0 Å². The average molecular weight is 600 g/mol. The first-order chi connectivity index (χ1) is 22.4. The molecule has 0 N–H and O–H groups in total. The highest BCUT2D eigenvalue weighted by molar-refractivity contribution is 5.48. The molecule has 2 nitrogen and oxygen atoms in total. The highest BCUT2D eigenvalue weighted by Crippen LogP contribution is 2.67. The number of benzene rings is 1. The quantitative estimate of drug-likeness (QED) is 0.312. The van der Waals surface area contributed by atoms with Gasteiger partial charge in [0, 0.05) is 34.6 Å². The van der Waals surface area contributed by atoms with Gasteiger partial charge in [-0.2, -0.15) is 0 Å². The summed E-state index contributed by atoms with van der Waals surface area (Å²) in [6.07, 6.45) is 40.4. The Labute approximate surface area is 272 Å². The maximum atomic E-state index is 7.62. The molecule has 0 spiro atoms. The lowest BCUT2D eigenvalue weighted by Gasteiger charge is -2.50. The molecule has 2 saturated carbocycles. The van der Waals surface area contributed by atoms with Gasteiger partial charge in [-0.1, -0.05) is 97.7 Å². The Balaban J connectivity index is 1.18. The lowest BCUT2D eigenvalue weighted by atomic mass is 9.53. The Bertz CT molecular complexity index is 1470. The van der Waals surface area contributed by atoms with E-state index in [4.69, 9.17) is 4.74 Å². The van der Waals surface area contributed by atoms with Gasteiger partial charge in [-0.3, -0.25) is 0 Å². The zero-order chi connectivity index (χ0) is 29.8. The molecule has 236 valence electrons. The number of allylic oxidation sites excluding steroid dienone is 10. The van der Waals surface area contributed by atoms with E-state index in [2.05, 4.69) is 77.8 Å². The van der Waals surface area contributed by atoms with Crippen LogP contribution in [0, 0.1) is 29.6 Å². The van der Waals surface area contributed by atoms with Crippen molar-refractivity contribution in [2.75, 3.05) is 0 Å². The summed E-state index contributed by atoms with van der Waals surface area (Å²) in [5.74, 6) is 4.04. The van der Waals surface area contributed by atoms with E-state index in [1.54, 1.807) is 17.0 Å². The van der Waals surface area contributed by atoms with E-state index in [-0.39, 0.29) is 11.5 Å². The molecule has 1 heterocycles. The van der Waals surface area contributed by atoms with Crippen molar-refractivity contribution in [1.29, 1.82) is 0 Å². The number of fused-ring (bicyclic) bond motifs is 6. The van der Waals surface area contributed by atoms with Crippen LogP contribution >= 0.6 is 0 Å². The van der Waals surface area contributed by atoms with Crippen molar-refractivity contribution in [3.8, 4) is 0 Å². The number of rotatable bonds is 5. The standard InChI is InChI=1S/C43H53NO/c1-4-16-30(17-5-1)43(37-26-12-10-22-33(37)34-23-11-13-27-38(34)43)39-28-14-24-35-36-25-15-29-40(42(36)45-41(35)39)44(31-18-6-2-7-19-31)32-20-8-3-9-21-32/h1,4-5,12,14,16-18,23-26,32-33,35,37-39,41H,2-3,6-11,13,15,19-22,27-29H2. The summed E-state index contributed by atoms with van der Waals surface area (Å²) in [5.41, 5.74) is 8.17. The van der Waals surface area contributed by atoms with Gasteiger partial charge in [-0.05, 0) is 113 Å². The molecule has 1 aromatic rings. The van der Waals surface area contributed by atoms with Crippen LogP contribution in [0.4, 0.5) is 0 Å². The molecule has 7 atom stereocenters. The molecule has 45 heavy (non-hydrogen) atoms. The Hall–Kier alpha value is -2.74. The van der Waals surface area contributed by atoms with Crippen LogP contribution < -0.4 is 0 Å². The molecule has 7 unspecified atom stereocenters. The normalized spacial score (nSPS) is 37.5. The van der Waals surface area contributed by atoms with Crippen LogP contribution in [0.1, 0.15) is 115 Å². The van der Waals surface area contributed by atoms with Crippen molar-refractivity contribution in [2.45, 2.75) is 127 Å². The second-order valence-electron chi connectivity index (χ2n) is 15.6. The molecule has 1 aliphatic heterocycles. The van der Waals surface area contributed by atoms with Crippen molar-refractivity contribution in [1.82, 2.24) is 4.90 Å². The second kappa shape index (κ2) is 11.8. The van der Waals surface area contributed by atoms with Crippen LogP contribution in [0.2, 0.25) is 0 Å². The molecule has 0 aromatic heterocycles. The van der Waals surface area contributed by atoms with Crippen molar-refractivity contribution in [3.63, 3.8) is 0 Å². The third-order valence-corrected chi connectivity index (χ3v) is 13.5. The van der Waals surface area contributed by atoms with Gasteiger partial charge in [0.05, 0.1) is 5.70 Å². The predicted octanol–water partition coefficient (Wildman–Crippen LogP) is 10.9. The second-order valence-corrected chi connectivity index (χ2v) is 15.6. The van der Waals surface area contributed by atoms with E-state index in [9.17, 15) is 0 Å². The monoisotopic (exact) mass is 599 g/mol. The first-order valence-electron chi connectivity index (χ1n) is 19.0. The fraction of sp³-hybridized carbons (Fsp3) is 0.581. The van der Waals surface area contributed by atoms with Crippen molar-refractivity contribution in [2.24, 2.45) is 29.6 Å². The third kappa shape index (κ3) is 4.47. The molecular formula is C43H53NO. The van der Waals surface area contributed by atoms with Crippen molar-refractivity contribution >= 4 is 0 Å². The van der Waals surface area contributed by atoms with Gasteiger partial charge in [0.1, 0.15) is 11.9 Å². The smallest absolute Gasteiger partial charge is 0.142 e. The maximum absolute atomic E-state index is 7.62. The molecule has 2 heteroatoms. The van der Waals surface area contributed by atoms with Crippen molar-refractivity contribution < 1.29 is 4.74 Å². The minimum absolute atomic E-state index is 0.0898. The lowest BCUT2D eigenvalue weighted by molar-refractivity contribution is 0.00309. The summed E-state index contributed by atoms with van der Waals surface area (Å²) < 4.78 is 7.62. The molecule has 0 radical (unpaired) electrons. The Morgan fingerprint density at radius 2 is 1.62 bits per heavy atom. The van der Waals surface area contributed by atoms with E-state index in [0.717, 1.165) is 19.3 Å². The van der Waals surface area contributed by atoms with E-state index in [0.29, 0.717) is 35.6 Å². The van der Waals surface area contributed by atoms with Crippen molar-refractivity contribution in [3.05, 3.63) is 107 Å². The highest BCUT2D eigenvalue weighted by atomic mass is 16.5. The molecule has 1 saturated heterocycles. The SMILES string of the molecule is C1=CC2C(CC1)C1=CCCCC1C2(c1ccccc1)C1CC=CC2C3=CCCC(N(C4=CCCCC4)C4CCCCC4)=C3OC21. The highest BCUT2D eigenvalue weighted by Gasteiger charge is 2.64. The zero-order valence-electron chi connectivity index (χ0n) is 27.3. The molecule has 0 bridgehead atoms. The lowest BCUT2D eigenvalue weighted by Crippen LogP contribution is -2.51. The zero-order valence-corrected chi connectivity index (χ0v) is 27.3. The summed E-state index contributed by atoms with van der Waals surface area (Å²) in [6, 6.07) is 12.5. The number of hydrogen-bond donors (Lipinski definition) is 0. The van der Waals surface area contributed by atoms with Gasteiger partial charge in [-0.15, -0.1) is 0 Å². The summed E-state index contributed by atoms with van der Waals surface area (Å²) in [5, 5.41) is 0. The van der Waals surface area contributed by atoms with Crippen LogP contribution in [-0.4, -0.2) is 17.0 Å². The van der Waals surface area contributed by atoms with Crippen LogP contribution in [0.25, 0.3) is 0 Å². The molecule has 1 aromatic carbocycles. The van der Waals surface area contributed by atoms with Crippen LogP contribution in [0.5, 0.6) is 0 Å². The van der Waals surface area contributed by atoms with E-state index in [1.807, 2.05) is 5.57 Å². The first-order valence-corrected chi connectivity index (χ1v) is 19.0.